The van der Waals surface area contributed by atoms with Crippen molar-refractivity contribution in [1.82, 2.24) is 9.97 Å². The van der Waals surface area contributed by atoms with Crippen LogP contribution in [0.1, 0.15) is 17.2 Å². The molecule has 0 aliphatic heterocycles. The first-order valence-corrected chi connectivity index (χ1v) is 8.47. The summed E-state index contributed by atoms with van der Waals surface area (Å²) < 4.78 is 5.25. The molecule has 3 heterocycles. The van der Waals surface area contributed by atoms with Gasteiger partial charge in [0.15, 0.2) is 0 Å². The number of nitrogens with one attached hydrogen (secondary N) is 1. The van der Waals surface area contributed by atoms with Crippen LogP contribution in [0.25, 0.3) is 21.5 Å². The maximum Gasteiger partial charge on any atom is 0.137 e. The third-order valence-electron chi connectivity index (χ3n) is 4.07. The van der Waals surface area contributed by atoms with Gasteiger partial charge in [-0.25, -0.2) is 4.98 Å². The van der Waals surface area contributed by atoms with Crippen LogP contribution < -0.4 is 4.74 Å². The number of benzene rings is 1. The van der Waals surface area contributed by atoms with Crippen molar-refractivity contribution in [3.8, 4) is 16.2 Å². The third-order valence-corrected chi connectivity index (χ3v) is 4.99. The van der Waals surface area contributed by atoms with Gasteiger partial charge in [0.2, 0.25) is 0 Å². The molecule has 1 unspecified atom stereocenters. The Balaban J connectivity index is 1.79. The van der Waals surface area contributed by atoms with Crippen molar-refractivity contribution in [2.75, 3.05) is 7.11 Å². The summed E-state index contributed by atoms with van der Waals surface area (Å²) >= 11 is 1.67. The van der Waals surface area contributed by atoms with Crippen LogP contribution in [0.3, 0.4) is 0 Å². The van der Waals surface area contributed by atoms with Gasteiger partial charge >= 0.3 is 0 Å². The zero-order valence-corrected chi connectivity index (χ0v) is 13.9. The molecule has 0 saturated heterocycles. The Morgan fingerprint density at radius 1 is 1.21 bits per heavy atom. The Kier molecular flexibility index (Phi) is 3.80. The molecule has 0 saturated carbocycles. The normalized spacial score (nSPS) is 12.4. The minimum absolute atomic E-state index is 0.726. The molecular formula is C19H16N2O2S. The van der Waals surface area contributed by atoms with E-state index in [1.165, 1.54) is 0 Å². The Labute approximate surface area is 143 Å². The number of methoxy groups -OCH3 is 1. The Hall–Kier alpha value is -2.63. The molecule has 0 aliphatic rings. The second-order valence-corrected chi connectivity index (χ2v) is 6.47. The molecule has 4 rings (SSSR count). The second-order valence-electron chi connectivity index (χ2n) is 5.52. The number of rotatable bonds is 4. The van der Waals surface area contributed by atoms with Gasteiger partial charge < -0.3 is 14.8 Å². The molecule has 0 spiro atoms. The molecule has 0 bridgehead atoms. The van der Waals surface area contributed by atoms with Crippen molar-refractivity contribution in [2.24, 2.45) is 0 Å². The predicted octanol–water partition coefficient (Wildman–Crippen LogP) is 4.38. The summed E-state index contributed by atoms with van der Waals surface area (Å²) in [5, 5.41) is 13.8. The molecular weight excluding hydrogens is 320 g/mol. The van der Waals surface area contributed by atoms with Crippen LogP contribution in [0.4, 0.5) is 0 Å². The van der Waals surface area contributed by atoms with Crippen molar-refractivity contribution >= 4 is 22.4 Å². The van der Waals surface area contributed by atoms with E-state index < -0.39 is 6.10 Å². The fourth-order valence-electron chi connectivity index (χ4n) is 2.82. The molecule has 4 nitrogen and oxygen atoms in total. The highest BCUT2D eigenvalue weighted by molar-refractivity contribution is 7.13. The number of hydrogen-bond acceptors (Lipinski definition) is 4. The van der Waals surface area contributed by atoms with Gasteiger partial charge in [0.05, 0.1) is 7.11 Å². The third kappa shape index (κ3) is 2.58. The van der Waals surface area contributed by atoms with E-state index in [0.29, 0.717) is 0 Å². The van der Waals surface area contributed by atoms with Crippen molar-refractivity contribution < 1.29 is 9.84 Å². The lowest BCUT2D eigenvalue weighted by molar-refractivity contribution is 0.221. The first-order valence-electron chi connectivity index (χ1n) is 7.59. The lowest BCUT2D eigenvalue weighted by atomic mass is 10.0. The Bertz CT molecular complexity index is 976. The molecule has 1 aromatic carbocycles. The largest absolute Gasteiger partial charge is 0.497 e. The zero-order valence-electron chi connectivity index (χ0n) is 13.1. The highest BCUT2D eigenvalue weighted by Crippen LogP contribution is 2.33. The van der Waals surface area contributed by atoms with Gasteiger partial charge in [-0.1, -0.05) is 18.2 Å². The molecule has 0 fully saturated rings. The van der Waals surface area contributed by atoms with E-state index in [9.17, 15) is 5.11 Å². The van der Waals surface area contributed by atoms with Crippen LogP contribution in [0.15, 0.2) is 60.2 Å². The SMILES string of the molecule is COc1cccc(C(O)c2c[nH]c3ncc(-c4cccs4)cc23)c1. The van der Waals surface area contributed by atoms with E-state index >= 15 is 0 Å². The number of aliphatic hydroxyl groups excluding tert-OH is 1. The van der Waals surface area contributed by atoms with Gasteiger partial charge in [-0.05, 0) is 35.2 Å². The fourth-order valence-corrected chi connectivity index (χ4v) is 3.53. The number of aromatic nitrogens is 2. The number of ether oxygens (including phenoxy) is 1. The van der Waals surface area contributed by atoms with E-state index in [1.807, 2.05) is 48.1 Å². The highest BCUT2D eigenvalue weighted by Gasteiger charge is 2.17. The van der Waals surface area contributed by atoms with E-state index in [1.54, 1.807) is 18.4 Å². The minimum Gasteiger partial charge on any atom is -0.497 e. The molecule has 24 heavy (non-hydrogen) atoms. The molecule has 0 amide bonds. The standard InChI is InChI=1S/C19H16N2O2S/c1-23-14-5-2-4-12(8-14)18(22)16-11-21-19-15(16)9-13(10-20-19)17-6-3-7-24-17/h2-11,18,22H,1H3,(H,20,21). The van der Waals surface area contributed by atoms with E-state index in [4.69, 9.17) is 4.74 Å². The molecule has 2 N–H and O–H groups in total. The second kappa shape index (κ2) is 6.11. The lowest BCUT2D eigenvalue weighted by Crippen LogP contribution is -1.99. The number of H-pyrrole nitrogens is 1. The number of aromatic amines is 1. The molecule has 0 aliphatic carbocycles. The summed E-state index contributed by atoms with van der Waals surface area (Å²) in [6, 6.07) is 13.6. The number of thiophene rings is 1. The van der Waals surface area contributed by atoms with Crippen LogP contribution in [0.5, 0.6) is 5.75 Å². The summed E-state index contributed by atoms with van der Waals surface area (Å²) in [5.41, 5.74) is 3.42. The monoisotopic (exact) mass is 336 g/mol. The quantitative estimate of drug-likeness (QED) is 0.581. The summed E-state index contributed by atoms with van der Waals surface area (Å²) in [7, 11) is 1.62. The molecule has 0 radical (unpaired) electrons. The zero-order chi connectivity index (χ0) is 16.5. The Morgan fingerprint density at radius 2 is 2.12 bits per heavy atom. The molecule has 3 aromatic heterocycles. The van der Waals surface area contributed by atoms with Crippen LogP contribution in [0, 0.1) is 0 Å². The van der Waals surface area contributed by atoms with Crippen LogP contribution in [-0.4, -0.2) is 22.2 Å². The molecule has 1 atom stereocenters. The van der Waals surface area contributed by atoms with Crippen molar-refractivity contribution in [2.45, 2.75) is 6.10 Å². The highest BCUT2D eigenvalue weighted by atomic mass is 32.1. The average Bonchev–Trinajstić information content (AvgIpc) is 3.30. The summed E-state index contributed by atoms with van der Waals surface area (Å²) in [5.74, 6) is 0.726. The van der Waals surface area contributed by atoms with Crippen LogP contribution in [0.2, 0.25) is 0 Å². The van der Waals surface area contributed by atoms with E-state index in [0.717, 1.165) is 38.4 Å². The molecule has 5 heteroatoms. The van der Waals surface area contributed by atoms with Crippen LogP contribution in [-0.2, 0) is 0 Å². The maximum absolute atomic E-state index is 10.8. The van der Waals surface area contributed by atoms with Crippen molar-refractivity contribution in [1.29, 1.82) is 0 Å². The van der Waals surface area contributed by atoms with E-state index in [2.05, 4.69) is 22.1 Å². The number of fused-ring (bicyclic) bond motifs is 1. The van der Waals surface area contributed by atoms with Gasteiger partial charge in [0.1, 0.15) is 17.5 Å². The first-order chi connectivity index (χ1) is 11.8. The van der Waals surface area contributed by atoms with Crippen molar-refractivity contribution in [3.63, 3.8) is 0 Å². The van der Waals surface area contributed by atoms with Gasteiger partial charge in [-0.2, -0.15) is 0 Å². The predicted molar refractivity (Wildman–Crippen MR) is 96.5 cm³/mol. The number of aliphatic hydroxyl groups is 1. The van der Waals surface area contributed by atoms with Gasteiger partial charge in [0.25, 0.3) is 0 Å². The summed E-state index contributed by atoms with van der Waals surface area (Å²) in [6.45, 7) is 0. The maximum atomic E-state index is 10.8. The minimum atomic E-state index is -0.741. The van der Waals surface area contributed by atoms with Crippen molar-refractivity contribution in [3.05, 3.63) is 71.4 Å². The Morgan fingerprint density at radius 3 is 2.92 bits per heavy atom. The topological polar surface area (TPSA) is 58.1 Å². The number of hydrogen-bond donors (Lipinski definition) is 2. The fraction of sp³-hybridized carbons (Fsp3) is 0.105. The lowest BCUT2D eigenvalue weighted by Gasteiger charge is -2.11. The molecule has 4 aromatic rings. The summed E-state index contributed by atoms with van der Waals surface area (Å²) in [4.78, 5) is 8.78. The van der Waals surface area contributed by atoms with Gasteiger partial charge in [-0.3, -0.25) is 0 Å². The number of pyridine rings is 1. The summed E-state index contributed by atoms with van der Waals surface area (Å²) in [6.07, 6.45) is 2.93. The average molecular weight is 336 g/mol. The van der Waals surface area contributed by atoms with E-state index in [-0.39, 0.29) is 0 Å². The number of nitrogens with zero attached hydrogens (tertiary/aromatic N) is 1. The smallest absolute Gasteiger partial charge is 0.137 e. The van der Waals surface area contributed by atoms with Crippen LogP contribution >= 0.6 is 11.3 Å². The van der Waals surface area contributed by atoms with Gasteiger partial charge in [0, 0.05) is 33.8 Å². The first kappa shape index (κ1) is 14.9. The molecule has 120 valence electrons. The van der Waals surface area contributed by atoms with Gasteiger partial charge in [-0.15, -0.1) is 11.3 Å².